The highest BCUT2D eigenvalue weighted by molar-refractivity contribution is 7.12. The predicted molar refractivity (Wildman–Crippen MR) is 141 cm³/mol. The van der Waals surface area contributed by atoms with Gasteiger partial charge in [-0.05, 0) is 66.0 Å². The van der Waals surface area contributed by atoms with Crippen LogP contribution in [0.5, 0.6) is 0 Å². The van der Waals surface area contributed by atoms with Crippen LogP contribution < -0.4 is 10.2 Å². The number of nitrogens with zero attached hydrogens (tertiary/aromatic N) is 2. The first kappa shape index (κ1) is 24.0. The lowest BCUT2D eigenvalue weighted by Crippen LogP contribution is -2.36. The normalized spacial score (nSPS) is 13.9. The van der Waals surface area contributed by atoms with Crippen LogP contribution in [0, 0.1) is 5.92 Å². The average molecular weight is 476 g/mol. The van der Waals surface area contributed by atoms with Crippen LogP contribution in [0.4, 0.5) is 11.4 Å². The fourth-order valence-electron chi connectivity index (χ4n) is 4.34. The number of carbonyl (C=O) groups excluding carboxylic acids is 2. The monoisotopic (exact) mass is 475 g/mol. The zero-order chi connectivity index (χ0) is 24.1. The Labute approximate surface area is 206 Å². The van der Waals surface area contributed by atoms with Crippen LogP contribution in [0.15, 0.2) is 66.0 Å². The van der Waals surface area contributed by atoms with Gasteiger partial charge in [0.05, 0.1) is 10.8 Å². The van der Waals surface area contributed by atoms with Gasteiger partial charge in [0, 0.05) is 38.6 Å². The van der Waals surface area contributed by atoms with Crippen molar-refractivity contribution in [2.24, 2.45) is 5.92 Å². The molecule has 1 aromatic heterocycles. The molecule has 1 aliphatic rings. The maximum absolute atomic E-state index is 13.8. The number of rotatable bonds is 10. The van der Waals surface area contributed by atoms with Crippen LogP contribution in [-0.2, 0) is 11.3 Å². The summed E-state index contributed by atoms with van der Waals surface area (Å²) < 4.78 is 0. The molecule has 4 rings (SSSR count). The summed E-state index contributed by atoms with van der Waals surface area (Å²) in [5, 5.41) is 4.91. The van der Waals surface area contributed by atoms with E-state index in [0.717, 1.165) is 35.5 Å². The van der Waals surface area contributed by atoms with Crippen molar-refractivity contribution in [1.82, 2.24) is 4.90 Å². The highest BCUT2D eigenvalue weighted by Gasteiger charge is 2.31. The smallest absolute Gasteiger partial charge is 0.265 e. The Kier molecular flexibility index (Phi) is 7.68. The number of anilines is 2. The van der Waals surface area contributed by atoms with E-state index in [9.17, 15) is 9.59 Å². The van der Waals surface area contributed by atoms with Crippen molar-refractivity contribution in [2.75, 3.05) is 30.9 Å². The number of benzene rings is 2. The molecule has 2 amide bonds. The molecule has 1 saturated carbocycles. The molecule has 0 saturated heterocycles. The molecule has 0 spiro atoms. The van der Waals surface area contributed by atoms with Gasteiger partial charge < -0.3 is 15.1 Å². The Balaban J connectivity index is 1.60. The molecule has 1 fully saturated rings. The van der Waals surface area contributed by atoms with Crippen LogP contribution in [0.1, 0.15) is 52.9 Å². The van der Waals surface area contributed by atoms with Gasteiger partial charge in [0.2, 0.25) is 5.91 Å². The van der Waals surface area contributed by atoms with E-state index in [0.29, 0.717) is 17.3 Å². The molecular weight excluding hydrogens is 442 g/mol. The van der Waals surface area contributed by atoms with Crippen molar-refractivity contribution in [3.63, 3.8) is 0 Å². The summed E-state index contributed by atoms with van der Waals surface area (Å²) in [5.41, 5.74) is 3.90. The SMILES string of the molecule is CC[C@H](C(=O)N(Cc1cc(NC(=O)c2cccs2)ccc1N(C)C)CC1CC1)c1ccccc1. The largest absolute Gasteiger partial charge is 0.377 e. The van der Waals surface area contributed by atoms with Gasteiger partial charge >= 0.3 is 0 Å². The maximum atomic E-state index is 13.8. The predicted octanol–water partition coefficient (Wildman–Crippen LogP) is 6.00. The minimum Gasteiger partial charge on any atom is -0.377 e. The van der Waals surface area contributed by atoms with Crippen LogP contribution in [-0.4, -0.2) is 37.4 Å². The van der Waals surface area contributed by atoms with Crippen LogP contribution in [0.3, 0.4) is 0 Å². The first-order chi connectivity index (χ1) is 16.5. The van der Waals surface area contributed by atoms with E-state index in [1.165, 1.54) is 24.2 Å². The van der Waals surface area contributed by atoms with Gasteiger partial charge in [-0.25, -0.2) is 0 Å². The van der Waals surface area contributed by atoms with Crippen molar-refractivity contribution < 1.29 is 9.59 Å². The van der Waals surface area contributed by atoms with Crippen LogP contribution in [0.25, 0.3) is 0 Å². The molecule has 2 aromatic carbocycles. The third kappa shape index (κ3) is 5.86. The van der Waals surface area contributed by atoms with Gasteiger partial charge in [-0.15, -0.1) is 11.3 Å². The van der Waals surface area contributed by atoms with Gasteiger partial charge in [-0.3, -0.25) is 9.59 Å². The fourth-order valence-corrected chi connectivity index (χ4v) is 4.95. The highest BCUT2D eigenvalue weighted by Crippen LogP contribution is 2.34. The Morgan fingerprint density at radius 2 is 1.82 bits per heavy atom. The van der Waals surface area contributed by atoms with E-state index in [4.69, 9.17) is 0 Å². The zero-order valence-electron chi connectivity index (χ0n) is 20.2. The number of thiophene rings is 1. The molecule has 5 nitrogen and oxygen atoms in total. The molecule has 1 heterocycles. The highest BCUT2D eigenvalue weighted by atomic mass is 32.1. The van der Waals surface area contributed by atoms with Gasteiger partial charge in [-0.2, -0.15) is 0 Å². The van der Waals surface area contributed by atoms with E-state index in [2.05, 4.69) is 17.1 Å². The van der Waals surface area contributed by atoms with E-state index in [-0.39, 0.29) is 17.7 Å². The summed E-state index contributed by atoms with van der Waals surface area (Å²) in [4.78, 5) is 31.2. The summed E-state index contributed by atoms with van der Waals surface area (Å²) in [6.45, 7) is 3.38. The van der Waals surface area contributed by atoms with Crippen LogP contribution >= 0.6 is 11.3 Å². The van der Waals surface area contributed by atoms with E-state index >= 15 is 0 Å². The van der Waals surface area contributed by atoms with Crippen molar-refractivity contribution >= 4 is 34.5 Å². The Morgan fingerprint density at radius 1 is 1.06 bits per heavy atom. The molecule has 3 aromatic rings. The zero-order valence-corrected chi connectivity index (χ0v) is 21.0. The number of hydrogen-bond donors (Lipinski definition) is 1. The molecule has 34 heavy (non-hydrogen) atoms. The molecule has 0 bridgehead atoms. The molecule has 6 heteroatoms. The molecule has 1 aliphatic carbocycles. The summed E-state index contributed by atoms with van der Waals surface area (Å²) in [6.07, 6.45) is 3.13. The van der Waals surface area contributed by atoms with E-state index in [1.54, 1.807) is 0 Å². The topological polar surface area (TPSA) is 52.7 Å². The minimum atomic E-state index is -0.149. The summed E-state index contributed by atoms with van der Waals surface area (Å²) in [6, 6.07) is 19.7. The molecule has 0 unspecified atom stereocenters. The fraction of sp³-hybridized carbons (Fsp3) is 0.357. The number of amides is 2. The second kappa shape index (κ2) is 10.9. The first-order valence-electron chi connectivity index (χ1n) is 11.9. The Morgan fingerprint density at radius 3 is 2.44 bits per heavy atom. The molecule has 1 atom stereocenters. The van der Waals surface area contributed by atoms with Gasteiger partial charge in [0.1, 0.15) is 0 Å². The number of carbonyl (C=O) groups is 2. The van der Waals surface area contributed by atoms with Crippen molar-refractivity contribution in [1.29, 1.82) is 0 Å². The Hall–Kier alpha value is -3.12. The van der Waals surface area contributed by atoms with Crippen molar-refractivity contribution in [3.8, 4) is 0 Å². The summed E-state index contributed by atoms with van der Waals surface area (Å²) in [7, 11) is 4.02. The minimum absolute atomic E-state index is 0.111. The summed E-state index contributed by atoms with van der Waals surface area (Å²) >= 11 is 1.42. The molecule has 0 radical (unpaired) electrons. The Bertz CT molecular complexity index is 1110. The number of hydrogen-bond acceptors (Lipinski definition) is 4. The van der Waals surface area contributed by atoms with Gasteiger partial charge in [0.15, 0.2) is 0 Å². The molecule has 178 valence electrons. The molecule has 0 aliphatic heterocycles. The standard InChI is InChI=1S/C28H33N3O2S/c1-4-24(21-9-6-5-7-10-21)28(33)31(18-20-12-13-20)19-22-17-23(14-15-25(22)30(2)3)29-27(32)26-11-8-16-34-26/h5-11,14-17,20,24H,4,12-13,18-19H2,1-3H3,(H,29,32)/t24-/m0/s1. The average Bonchev–Trinajstić information content (AvgIpc) is 3.47. The van der Waals surface area contributed by atoms with E-state index in [1.807, 2.05) is 85.0 Å². The quantitative estimate of drug-likeness (QED) is 0.391. The second-order valence-electron chi connectivity index (χ2n) is 9.20. The van der Waals surface area contributed by atoms with Gasteiger partial charge in [0.25, 0.3) is 5.91 Å². The summed E-state index contributed by atoms with van der Waals surface area (Å²) in [5.74, 6) is 0.504. The van der Waals surface area contributed by atoms with E-state index < -0.39 is 0 Å². The van der Waals surface area contributed by atoms with Crippen molar-refractivity contribution in [2.45, 2.75) is 38.6 Å². The van der Waals surface area contributed by atoms with Gasteiger partial charge in [-0.1, -0.05) is 43.3 Å². The van der Waals surface area contributed by atoms with Crippen LogP contribution in [0.2, 0.25) is 0 Å². The first-order valence-corrected chi connectivity index (χ1v) is 12.8. The molecule has 1 N–H and O–H groups in total. The maximum Gasteiger partial charge on any atom is 0.265 e. The lowest BCUT2D eigenvalue weighted by atomic mass is 9.94. The third-order valence-electron chi connectivity index (χ3n) is 6.32. The molecular formula is C28H33N3O2S. The third-order valence-corrected chi connectivity index (χ3v) is 7.19. The van der Waals surface area contributed by atoms with Crippen molar-refractivity contribution in [3.05, 3.63) is 82.0 Å². The lowest BCUT2D eigenvalue weighted by molar-refractivity contribution is -0.133. The second-order valence-corrected chi connectivity index (χ2v) is 10.2. The number of nitrogens with one attached hydrogen (secondary N) is 1. The lowest BCUT2D eigenvalue weighted by Gasteiger charge is -2.29.